The van der Waals surface area contributed by atoms with Crippen LogP contribution < -0.4 is 33.3 Å². The fourth-order valence-corrected chi connectivity index (χ4v) is 7.25. The van der Waals surface area contributed by atoms with Crippen molar-refractivity contribution < 1.29 is 28.4 Å². The van der Waals surface area contributed by atoms with Gasteiger partial charge in [-0.2, -0.15) is 0 Å². The quantitative estimate of drug-likeness (QED) is 0.110. The largest absolute Gasteiger partial charge is 0.493 e. The smallest absolute Gasteiger partial charge is 0.203 e. The van der Waals surface area contributed by atoms with Crippen molar-refractivity contribution in [3.05, 3.63) is 107 Å². The fraction of sp³-hybridized carbons (Fsp3) is 0.310. The highest BCUT2D eigenvalue weighted by atomic mass is 79.9. The highest BCUT2D eigenvalue weighted by molar-refractivity contribution is 9.10. The Morgan fingerprint density at radius 3 is 1.69 bits per heavy atom. The van der Waals surface area contributed by atoms with Crippen molar-refractivity contribution in [2.75, 3.05) is 60.6 Å². The number of rotatable bonds is 14. The zero-order chi connectivity index (χ0) is 36.6. The van der Waals surface area contributed by atoms with Gasteiger partial charge in [-0.3, -0.25) is 9.88 Å². The summed E-state index contributed by atoms with van der Waals surface area (Å²) in [5, 5.41) is 0. The molecular formula is C42H46BrN3O6. The Bertz CT molecular complexity index is 1910. The average Bonchev–Trinajstić information content (AvgIpc) is 3.19. The summed E-state index contributed by atoms with van der Waals surface area (Å²) in [4.78, 5) is 9.75. The second kappa shape index (κ2) is 17.1. The molecular weight excluding hydrogens is 722 g/mol. The summed E-state index contributed by atoms with van der Waals surface area (Å²) in [5.41, 5.74) is 7.64. The van der Waals surface area contributed by atoms with E-state index in [0.29, 0.717) is 40.5 Å². The highest BCUT2D eigenvalue weighted by Crippen LogP contribution is 2.42. The van der Waals surface area contributed by atoms with Crippen LogP contribution >= 0.6 is 15.9 Å². The monoisotopic (exact) mass is 767 g/mol. The van der Waals surface area contributed by atoms with Crippen LogP contribution in [0, 0.1) is 0 Å². The maximum atomic E-state index is 5.62. The Morgan fingerprint density at radius 1 is 0.615 bits per heavy atom. The topological polar surface area (TPSA) is 74.8 Å². The van der Waals surface area contributed by atoms with Crippen molar-refractivity contribution in [3.63, 3.8) is 0 Å². The van der Waals surface area contributed by atoms with Crippen molar-refractivity contribution >= 4 is 21.6 Å². The highest BCUT2D eigenvalue weighted by Gasteiger charge is 2.26. The third-order valence-corrected chi connectivity index (χ3v) is 10.2. The zero-order valence-corrected chi connectivity index (χ0v) is 32.2. The molecule has 5 aromatic rings. The Labute approximate surface area is 315 Å². The summed E-state index contributed by atoms with van der Waals surface area (Å²) in [7, 11) is 9.78. The van der Waals surface area contributed by atoms with Crippen LogP contribution in [0.4, 0.5) is 5.69 Å². The third-order valence-electron chi connectivity index (χ3n) is 9.63. The fourth-order valence-electron chi connectivity index (χ4n) is 6.98. The van der Waals surface area contributed by atoms with E-state index in [1.807, 2.05) is 36.7 Å². The summed E-state index contributed by atoms with van der Waals surface area (Å²) in [6.45, 7) is 3.60. The van der Waals surface area contributed by atoms with Crippen LogP contribution in [0.2, 0.25) is 0 Å². The molecule has 272 valence electrons. The number of aromatic nitrogens is 1. The van der Waals surface area contributed by atoms with E-state index in [0.717, 1.165) is 71.3 Å². The predicted octanol–water partition coefficient (Wildman–Crippen LogP) is 8.90. The molecule has 0 aliphatic carbocycles. The van der Waals surface area contributed by atoms with Crippen LogP contribution in [0.3, 0.4) is 0 Å². The molecule has 1 fully saturated rings. The molecule has 2 heterocycles. The summed E-state index contributed by atoms with van der Waals surface area (Å²) in [5.74, 6) is 3.66. The van der Waals surface area contributed by atoms with Crippen molar-refractivity contribution in [1.29, 1.82) is 0 Å². The zero-order valence-electron chi connectivity index (χ0n) is 30.6. The number of halogens is 1. The predicted molar refractivity (Wildman–Crippen MR) is 209 cm³/mol. The Kier molecular flexibility index (Phi) is 12.1. The minimum absolute atomic E-state index is 0.368. The minimum atomic E-state index is 0.368. The number of ether oxygens (including phenoxy) is 6. The molecule has 6 rings (SSSR count). The van der Waals surface area contributed by atoms with E-state index in [4.69, 9.17) is 28.4 Å². The molecule has 10 heteroatoms. The van der Waals surface area contributed by atoms with Gasteiger partial charge in [-0.05, 0) is 101 Å². The van der Waals surface area contributed by atoms with Crippen LogP contribution in [-0.4, -0.2) is 71.7 Å². The normalized spacial score (nSPS) is 13.4. The molecule has 0 saturated carbocycles. The Hall–Kier alpha value is -4.93. The Morgan fingerprint density at radius 2 is 1.15 bits per heavy atom. The molecule has 1 saturated heterocycles. The van der Waals surface area contributed by atoms with E-state index < -0.39 is 0 Å². The second-order valence-corrected chi connectivity index (χ2v) is 13.6. The lowest BCUT2D eigenvalue weighted by atomic mass is 9.99. The van der Waals surface area contributed by atoms with Gasteiger partial charge < -0.3 is 33.3 Å². The van der Waals surface area contributed by atoms with E-state index in [9.17, 15) is 0 Å². The van der Waals surface area contributed by atoms with Crippen LogP contribution in [0.5, 0.6) is 34.5 Å². The molecule has 0 radical (unpaired) electrons. The number of hydrogen-bond acceptors (Lipinski definition) is 9. The standard InChI is InChI=1S/C42H46BrN3O6/c1-47-37-20-31(21-38(48-2)41(37)51-5)30-9-7-8-28(18-30)26-45-16-14-36(15-17-45)46(35-12-10-34(43)11-13-35)27-29-19-33(25-44-24-29)32-22-39(49-3)42(52-6)40(23-32)50-4/h7-13,18-25,36H,14-17,26-27H2,1-6H3. The van der Waals surface area contributed by atoms with E-state index in [2.05, 4.69) is 85.3 Å². The number of piperidine rings is 1. The number of methoxy groups -OCH3 is 6. The minimum Gasteiger partial charge on any atom is -0.493 e. The number of pyridine rings is 1. The number of nitrogens with zero attached hydrogens (tertiary/aromatic N) is 3. The molecule has 0 bridgehead atoms. The van der Waals surface area contributed by atoms with Gasteiger partial charge in [-0.25, -0.2) is 0 Å². The molecule has 0 atom stereocenters. The van der Waals surface area contributed by atoms with Crippen molar-refractivity contribution in [2.24, 2.45) is 0 Å². The van der Waals surface area contributed by atoms with Gasteiger partial charge in [0.1, 0.15) is 0 Å². The van der Waals surface area contributed by atoms with Gasteiger partial charge in [0.15, 0.2) is 23.0 Å². The molecule has 1 aliphatic heterocycles. The first-order valence-electron chi connectivity index (χ1n) is 17.3. The van der Waals surface area contributed by atoms with Gasteiger partial charge in [0.25, 0.3) is 0 Å². The van der Waals surface area contributed by atoms with Crippen molar-refractivity contribution in [2.45, 2.75) is 32.0 Å². The first kappa shape index (κ1) is 36.8. The Balaban J connectivity index is 1.19. The van der Waals surface area contributed by atoms with Gasteiger partial charge in [0.05, 0.1) is 42.7 Å². The maximum absolute atomic E-state index is 5.62. The average molecular weight is 769 g/mol. The number of benzene rings is 4. The molecule has 1 aromatic heterocycles. The van der Waals surface area contributed by atoms with Gasteiger partial charge in [-0.1, -0.05) is 34.1 Å². The second-order valence-electron chi connectivity index (χ2n) is 12.7. The van der Waals surface area contributed by atoms with Crippen molar-refractivity contribution in [1.82, 2.24) is 9.88 Å². The van der Waals surface area contributed by atoms with Gasteiger partial charge in [0.2, 0.25) is 11.5 Å². The molecule has 0 amide bonds. The van der Waals surface area contributed by atoms with E-state index in [-0.39, 0.29) is 0 Å². The van der Waals surface area contributed by atoms with Crippen molar-refractivity contribution in [3.8, 4) is 56.8 Å². The number of anilines is 1. The van der Waals surface area contributed by atoms with Crippen LogP contribution in [0.15, 0.2) is 95.7 Å². The molecule has 0 N–H and O–H groups in total. The van der Waals surface area contributed by atoms with E-state index >= 15 is 0 Å². The summed E-state index contributed by atoms with van der Waals surface area (Å²) >= 11 is 3.62. The molecule has 52 heavy (non-hydrogen) atoms. The van der Waals surface area contributed by atoms with Crippen LogP contribution in [-0.2, 0) is 13.1 Å². The van der Waals surface area contributed by atoms with E-state index in [1.54, 1.807) is 42.7 Å². The van der Waals surface area contributed by atoms with Crippen LogP contribution in [0.25, 0.3) is 22.3 Å². The van der Waals surface area contributed by atoms with Gasteiger partial charge >= 0.3 is 0 Å². The van der Waals surface area contributed by atoms with Crippen LogP contribution in [0.1, 0.15) is 24.0 Å². The first-order valence-corrected chi connectivity index (χ1v) is 18.0. The maximum Gasteiger partial charge on any atom is 0.203 e. The molecule has 0 spiro atoms. The van der Waals surface area contributed by atoms with E-state index in [1.165, 1.54) is 11.3 Å². The lowest BCUT2D eigenvalue weighted by Crippen LogP contribution is -2.44. The molecule has 9 nitrogen and oxygen atoms in total. The van der Waals surface area contributed by atoms with Gasteiger partial charge in [-0.15, -0.1) is 0 Å². The number of hydrogen-bond donors (Lipinski definition) is 0. The number of likely N-dealkylation sites (tertiary alicyclic amines) is 1. The van der Waals surface area contributed by atoms with Gasteiger partial charge in [0, 0.05) is 60.3 Å². The summed E-state index contributed by atoms with van der Waals surface area (Å²) in [6, 6.07) is 27.8. The first-order chi connectivity index (χ1) is 25.4. The lowest BCUT2D eigenvalue weighted by molar-refractivity contribution is 0.201. The summed E-state index contributed by atoms with van der Waals surface area (Å²) in [6.07, 6.45) is 5.93. The SMILES string of the molecule is COc1cc(-c2cccc(CN3CCC(N(Cc4cncc(-c5cc(OC)c(OC)c(OC)c5)c4)c4ccc(Br)cc4)CC3)c2)cc(OC)c1OC. The molecule has 0 unspecified atom stereocenters. The molecule has 4 aromatic carbocycles. The molecule has 1 aliphatic rings. The third kappa shape index (κ3) is 8.24. The lowest BCUT2D eigenvalue weighted by Gasteiger charge is -2.40. The summed E-state index contributed by atoms with van der Waals surface area (Å²) < 4.78 is 34.6.